The van der Waals surface area contributed by atoms with Gasteiger partial charge in [-0.1, -0.05) is 19.9 Å². The lowest BCUT2D eigenvalue weighted by Crippen LogP contribution is -2.36. The maximum atomic E-state index is 3.75. The molecule has 2 nitrogen and oxygen atoms in total. The van der Waals surface area contributed by atoms with Crippen LogP contribution in [0.15, 0.2) is 22.7 Å². The van der Waals surface area contributed by atoms with E-state index in [-0.39, 0.29) is 0 Å². The van der Waals surface area contributed by atoms with Crippen LogP contribution in [0.3, 0.4) is 0 Å². The van der Waals surface area contributed by atoms with Crippen LogP contribution in [0.25, 0.3) is 0 Å². The highest BCUT2D eigenvalue weighted by atomic mass is 79.9. The molecule has 0 amide bonds. The highest BCUT2D eigenvalue weighted by Gasteiger charge is 2.19. The zero-order valence-electron chi connectivity index (χ0n) is 11.9. The van der Waals surface area contributed by atoms with E-state index in [0.29, 0.717) is 6.04 Å². The molecule has 0 spiro atoms. The minimum absolute atomic E-state index is 0.409. The number of anilines is 1. The average molecular weight is 343 g/mol. The first kappa shape index (κ1) is 15.2. The number of thioether (sulfide) groups is 1. The molecule has 0 aromatic heterocycles. The van der Waals surface area contributed by atoms with Gasteiger partial charge in [0.25, 0.3) is 0 Å². The molecule has 19 heavy (non-hydrogen) atoms. The molecule has 2 atom stereocenters. The maximum Gasteiger partial charge on any atom is 0.0511 e. The molecular formula is C15H23BrN2S. The van der Waals surface area contributed by atoms with E-state index < -0.39 is 0 Å². The Hall–Kier alpha value is -0.190. The van der Waals surface area contributed by atoms with E-state index >= 15 is 0 Å². The van der Waals surface area contributed by atoms with Gasteiger partial charge in [0.05, 0.1) is 5.69 Å². The Morgan fingerprint density at radius 1 is 1.53 bits per heavy atom. The van der Waals surface area contributed by atoms with Gasteiger partial charge < -0.3 is 10.2 Å². The molecule has 1 aliphatic rings. The third kappa shape index (κ3) is 3.89. The third-order valence-electron chi connectivity index (χ3n) is 3.56. The Kier molecular flexibility index (Phi) is 5.60. The van der Waals surface area contributed by atoms with Crippen molar-refractivity contribution >= 4 is 33.4 Å². The number of benzene rings is 1. The van der Waals surface area contributed by atoms with Crippen LogP contribution in [-0.2, 0) is 0 Å². The first-order valence-electron chi connectivity index (χ1n) is 7.01. The van der Waals surface area contributed by atoms with Crippen molar-refractivity contribution in [3.8, 4) is 0 Å². The molecule has 2 unspecified atom stereocenters. The van der Waals surface area contributed by atoms with Crippen LogP contribution in [0.1, 0.15) is 32.4 Å². The molecule has 2 rings (SSSR count). The lowest BCUT2D eigenvalue weighted by atomic mass is 10.1. The molecule has 1 aromatic carbocycles. The summed E-state index contributed by atoms with van der Waals surface area (Å²) >= 11 is 5.82. The lowest BCUT2D eigenvalue weighted by molar-refractivity contribution is 0.598. The summed E-state index contributed by atoms with van der Waals surface area (Å²) in [5.74, 6) is 1.23. The molecule has 0 radical (unpaired) electrons. The molecule has 1 heterocycles. The zero-order chi connectivity index (χ0) is 13.8. The van der Waals surface area contributed by atoms with Gasteiger partial charge in [-0.25, -0.2) is 0 Å². The van der Waals surface area contributed by atoms with Gasteiger partial charge in [0, 0.05) is 34.6 Å². The number of hydrogen-bond donors (Lipinski definition) is 1. The minimum Gasteiger partial charge on any atom is -0.369 e. The van der Waals surface area contributed by atoms with Crippen LogP contribution in [0.4, 0.5) is 5.69 Å². The van der Waals surface area contributed by atoms with Crippen molar-refractivity contribution in [3.05, 3.63) is 28.2 Å². The van der Waals surface area contributed by atoms with Gasteiger partial charge in [0.1, 0.15) is 0 Å². The smallest absolute Gasteiger partial charge is 0.0511 e. The Labute approximate surface area is 129 Å². The van der Waals surface area contributed by atoms with E-state index in [1.165, 1.54) is 21.5 Å². The Balaban J connectivity index is 2.14. The van der Waals surface area contributed by atoms with E-state index in [4.69, 9.17) is 0 Å². The molecule has 1 aliphatic heterocycles. The molecule has 0 aliphatic carbocycles. The van der Waals surface area contributed by atoms with E-state index in [1.54, 1.807) is 0 Å². The number of nitrogens with one attached hydrogen (secondary N) is 1. The molecule has 1 aromatic rings. The third-order valence-corrected chi connectivity index (χ3v) is 5.34. The van der Waals surface area contributed by atoms with Crippen molar-refractivity contribution in [2.24, 2.45) is 0 Å². The second-order valence-electron chi connectivity index (χ2n) is 5.12. The molecule has 0 bridgehead atoms. The van der Waals surface area contributed by atoms with Gasteiger partial charge in [-0.3, -0.25) is 0 Å². The molecular weight excluding hydrogens is 320 g/mol. The summed E-state index contributed by atoms with van der Waals surface area (Å²) in [6, 6.07) is 7.18. The minimum atomic E-state index is 0.409. The predicted molar refractivity (Wildman–Crippen MR) is 90.4 cm³/mol. The molecule has 1 fully saturated rings. The highest BCUT2D eigenvalue weighted by Crippen LogP contribution is 2.32. The van der Waals surface area contributed by atoms with Crippen molar-refractivity contribution in [3.63, 3.8) is 0 Å². The van der Waals surface area contributed by atoms with Crippen LogP contribution >= 0.6 is 27.7 Å². The molecule has 106 valence electrons. The number of halogens is 1. The number of hydrogen-bond acceptors (Lipinski definition) is 3. The second kappa shape index (κ2) is 7.00. The lowest BCUT2D eigenvalue weighted by Gasteiger charge is -2.33. The van der Waals surface area contributed by atoms with E-state index in [0.717, 1.165) is 24.9 Å². The second-order valence-corrected chi connectivity index (χ2v) is 7.52. The summed E-state index contributed by atoms with van der Waals surface area (Å²) in [6.45, 7) is 9.96. The van der Waals surface area contributed by atoms with Gasteiger partial charge in [0.2, 0.25) is 0 Å². The monoisotopic (exact) mass is 342 g/mol. The topological polar surface area (TPSA) is 15.3 Å². The van der Waals surface area contributed by atoms with E-state index in [2.05, 4.69) is 76.9 Å². The van der Waals surface area contributed by atoms with Crippen LogP contribution in [0, 0.1) is 0 Å². The average Bonchev–Trinajstić information content (AvgIpc) is 2.38. The predicted octanol–water partition coefficient (Wildman–Crippen LogP) is 4.06. The summed E-state index contributed by atoms with van der Waals surface area (Å²) in [5.41, 5.74) is 2.68. The van der Waals surface area contributed by atoms with Crippen LogP contribution < -0.4 is 10.2 Å². The fourth-order valence-electron chi connectivity index (χ4n) is 2.51. The SMILES string of the molecule is CCNC(C)c1ccc(N2CCSC(C)C2)c(Br)c1. The van der Waals surface area contributed by atoms with Crippen LogP contribution in [-0.4, -0.2) is 30.6 Å². The highest BCUT2D eigenvalue weighted by molar-refractivity contribution is 9.10. The van der Waals surface area contributed by atoms with Crippen molar-refractivity contribution in [1.82, 2.24) is 5.32 Å². The van der Waals surface area contributed by atoms with Crippen molar-refractivity contribution in [2.75, 3.05) is 30.3 Å². The summed E-state index contributed by atoms with van der Waals surface area (Å²) in [4.78, 5) is 2.49. The van der Waals surface area contributed by atoms with Crippen molar-refractivity contribution in [1.29, 1.82) is 0 Å². The first-order chi connectivity index (χ1) is 9.11. The number of nitrogens with zero attached hydrogens (tertiary/aromatic N) is 1. The van der Waals surface area contributed by atoms with Gasteiger partial charge in [-0.05, 0) is 47.1 Å². The van der Waals surface area contributed by atoms with Crippen LogP contribution in [0.5, 0.6) is 0 Å². The van der Waals surface area contributed by atoms with E-state index in [1.807, 2.05) is 0 Å². The Morgan fingerprint density at radius 2 is 2.32 bits per heavy atom. The Morgan fingerprint density at radius 3 is 2.95 bits per heavy atom. The van der Waals surface area contributed by atoms with Gasteiger partial charge in [-0.15, -0.1) is 0 Å². The standard InChI is InChI=1S/C15H23BrN2S/c1-4-17-12(3)13-5-6-15(14(16)9-13)18-7-8-19-11(2)10-18/h5-6,9,11-12,17H,4,7-8,10H2,1-3H3. The molecule has 4 heteroatoms. The van der Waals surface area contributed by atoms with Crippen LogP contribution in [0.2, 0.25) is 0 Å². The molecule has 0 saturated carbocycles. The Bertz CT molecular complexity index is 425. The fourth-order valence-corrected chi connectivity index (χ4v) is 4.17. The largest absolute Gasteiger partial charge is 0.369 e. The summed E-state index contributed by atoms with van der Waals surface area (Å²) in [5, 5.41) is 4.18. The number of rotatable bonds is 4. The first-order valence-corrected chi connectivity index (χ1v) is 8.85. The molecule has 1 saturated heterocycles. The van der Waals surface area contributed by atoms with E-state index in [9.17, 15) is 0 Å². The van der Waals surface area contributed by atoms with Gasteiger partial charge in [-0.2, -0.15) is 11.8 Å². The fraction of sp³-hybridized carbons (Fsp3) is 0.600. The summed E-state index contributed by atoms with van der Waals surface area (Å²) in [7, 11) is 0. The van der Waals surface area contributed by atoms with Gasteiger partial charge >= 0.3 is 0 Å². The zero-order valence-corrected chi connectivity index (χ0v) is 14.4. The van der Waals surface area contributed by atoms with Crippen molar-refractivity contribution < 1.29 is 0 Å². The summed E-state index contributed by atoms with van der Waals surface area (Å²) in [6.07, 6.45) is 0. The maximum absolute atomic E-state index is 3.75. The molecule has 1 N–H and O–H groups in total. The normalized spacial score (nSPS) is 21.5. The quantitative estimate of drug-likeness (QED) is 0.888. The van der Waals surface area contributed by atoms with Crippen molar-refractivity contribution in [2.45, 2.75) is 32.1 Å². The van der Waals surface area contributed by atoms with Gasteiger partial charge in [0.15, 0.2) is 0 Å². The summed E-state index contributed by atoms with van der Waals surface area (Å²) < 4.78 is 1.22.